The Kier molecular flexibility index (Phi) is 4.28. The number of esters is 1. The first-order valence-corrected chi connectivity index (χ1v) is 7.08. The van der Waals surface area contributed by atoms with E-state index in [0.717, 1.165) is 31.0 Å². The fourth-order valence-electron chi connectivity index (χ4n) is 2.48. The zero-order valence-electron chi connectivity index (χ0n) is 12.7. The van der Waals surface area contributed by atoms with E-state index in [9.17, 15) is 4.79 Å². The van der Waals surface area contributed by atoms with Crippen molar-refractivity contribution >= 4 is 11.8 Å². The summed E-state index contributed by atoms with van der Waals surface area (Å²) in [6.45, 7) is 11.2. The van der Waals surface area contributed by atoms with Gasteiger partial charge >= 0.3 is 5.97 Å². The number of aryl methyl sites for hydroxylation is 1. The van der Waals surface area contributed by atoms with Gasteiger partial charge in [0.15, 0.2) is 5.69 Å². The lowest BCUT2D eigenvalue weighted by atomic mass is 10.0. The molecule has 1 aromatic heterocycles. The Hall–Kier alpha value is -1.62. The Morgan fingerprint density at radius 1 is 1.50 bits per heavy atom. The zero-order chi connectivity index (χ0) is 14.8. The van der Waals surface area contributed by atoms with Crippen LogP contribution in [0.1, 0.15) is 36.8 Å². The SMILES string of the molecule is CCOC(=O)c1ccc(C)c(N2CCNC(C)(C)C2)n1. The smallest absolute Gasteiger partial charge is 0.356 e. The second-order valence-corrected chi connectivity index (χ2v) is 5.79. The minimum Gasteiger partial charge on any atom is -0.461 e. The summed E-state index contributed by atoms with van der Waals surface area (Å²) in [6.07, 6.45) is 0. The van der Waals surface area contributed by atoms with E-state index in [1.807, 2.05) is 13.0 Å². The molecule has 5 heteroatoms. The maximum atomic E-state index is 11.8. The van der Waals surface area contributed by atoms with Gasteiger partial charge in [0, 0.05) is 25.2 Å². The normalized spacial score (nSPS) is 17.9. The van der Waals surface area contributed by atoms with E-state index >= 15 is 0 Å². The molecule has 0 spiro atoms. The summed E-state index contributed by atoms with van der Waals surface area (Å²) < 4.78 is 5.02. The van der Waals surface area contributed by atoms with Gasteiger partial charge in [-0.2, -0.15) is 0 Å². The topological polar surface area (TPSA) is 54.5 Å². The number of carbonyl (C=O) groups excluding carboxylic acids is 1. The molecule has 1 aromatic rings. The van der Waals surface area contributed by atoms with Crippen molar-refractivity contribution in [3.63, 3.8) is 0 Å². The van der Waals surface area contributed by atoms with Gasteiger partial charge in [-0.25, -0.2) is 9.78 Å². The number of hydrogen-bond acceptors (Lipinski definition) is 5. The van der Waals surface area contributed by atoms with E-state index in [-0.39, 0.29) is 11.5 Å². The van der Waals surface area contributed by atoms with Crippen LogP contribution < -0.4 is 10.2 Å². The number of nitrogens with one attached hydrogen (secondary N) is 1. The number of nitrogens with zero attached hydrogens (tertiary/aromatic N) is 2. The van der Waals surface area contributed by atoms with Crippen LogP contribution >= 0.6 is 0 Å². The summed E-state index contributed by atoms with van der Waals surface area (Å²) in [6, 6.07) is 3.66. The van der Waals surface area contributed by atoms with Crippen molar-refractivity contribution in [2.45, 2.75) is 33.2 Å². The minimum absolute atomic E-state index is 0.0479. The third-order valence-corrected chi connectivity index (χ3v) is 3.43. The van der Waals surface area contributed by atoms with E-state index in [2.05, 4.69) is 29.0 Å². The summed E-state index contributed by atoms with van der Waals surface area (Å²) in [7, 11) is 0. The summed E-state index contributed by atoms with van der Waals surface area (Å²) in [5.74, 6) is 0.522. The van der Waals surface area contributed by atoms with Crippen LogP contribution in [0.15, 0.2) is 12.1 Å². The van der Waals surface area contributed by atoms with Crippen LogP contribution in [0, 0.1) is 6.92 Å². The fourth-order valence-corrected chi connectivity index (χ4v) is 2.48. The Morgan fingerprint density at radius 3 is 2.90 bits per heavy atom. The summed E-state index contributed by atoms with van der Waals surface area (Å²) >= 11 is 0. The number of piperazine rings is 1. The number of aromatic nitrogens is 1. The fraction of sp³-hybridized carbons (Fsp3) is 0.600. The molecule has 110 valence electrons. The predicted molar refractivity (Wildman–Crippen MR) is 79.2 cm³/mol. The molecule has 0 bridgehead atoms. The quantitative estimate of drug-likeness (QED) is 0.853. The van der Waals surface area contributed by atoms with Crippen LogP contribution in [-0.4, -0.2) is 42.7 Å². The number of hydrogen-bond donors (Lipinski definition) is 1. The molecule has 1 fully saturated rings. The highest BCUT2D eigenvalue weighted by Crippen LogP contribution is 2.22. The van der Waals surface area contributed by atoms with Crippen LogP contribution in [0.5, 0.6) is 0 Å². The second kappa shape index (κ2) is 5.79. The molecule has 20 heavy (non-hydrogen) atoms. The van der Waals surface area contributed by atoms with Crippen LogP contribution in [0.3, 0.4) is 0 Å². The van der Waals surface area contributed by atoms with E-state index in [1.165, 1.54) is 0 Å². The van der Waals surface area contributed by atoms with Gasteiger partial charge in [0.2, 0.25) is 0 Å². The maximum absolute atomic E-state index is 11.8. The molecule has 1 aliphatic heterocycles. The zero-order valence-corrected chi connectivity index (χ0v) is 12.7. The first-order chi connectivity index (χ1) is 9.43. The molecule has 0 saturated carbocycles. The molecule has 0 unspecified atom stereocenters. The van der Waals surface area contributed by atoms with E-state index < -0.39 is 0 Å². The molecule has 2 heterocycles. The first-order valence-electron chi connectivity index (χ1n) is 7.08. The Bertz CT molecular complexity index is 500. The first kappa shape index (κ1) is 14.8. The monoisotopic (exact) mass is 277 g/mol. The third-order valence-electron chi connectivity index (χ3n) is 3.43. The van der Waals surface area contributed by atoms with Gasteiger partial charge in [0.05, 0.1) is 6.61 Å². The molecule has 0 aliphatic carbocycles. The Labute approximate surface area is 120 Å². The van der Waals surface area contributed by atoms with Crippen LogP contribution in [-0.2, 0) is 4.74 Å². The molecule has 0 radical (unpaired) electrons. The van der Waals surface area contributed by atoms with E-state index in [4.69, 9.17) is 4.74 Å². The highest BCUT2D eigenvalue weighted by atomic mass is 16.5. The van der Waals surface area contributed by atoms with Crippen LogP contribution in [0.25, 0.3) is 0 Å². The van der Waals surface area contributed by atoms with Gasteiger partial charge in [-0.3, -0.25) is 0 Å². The number of rotatable bonds is 3. The highest BCUT2D eigenvalue weighted by molar-refractivity contribution is 5.87. The molecular formula is C15H23N3O2. The molecule has 1 N–H and O–H groups in total. The maximum Gasteiger partial charge on any atom is 0.356 e. The van der Waals surface area contributed by atoms with Crippen molar-refractivity contribution in [3.8, 4) is 0 Å². The van der Waals surface area contributed by atoms with Gasteiger partial charge in [-0.1, -0.05) is 6.07 Å². The van der Waals surface area contributed by atoms with Gasteiger partial charge < -0.3 is 15.0 Å². The molecule has 0 amide bonds. The lowest BCUT2D eigenvalue weighted by molar-refractivity contribution is 0.0519. The standard InChI is InChI=1S/C15H23N3O2/c1-5-20-14(19)12-7-6-11(2)13(17-12)18-9-8-16-15(3,4)10-18/h6-7,16H,5,8-10H2,1-4H3. The van der Waals surface area contributed by atoms with Crippen molar-refractivity contribution in [2.75, 3.05) is 31.1 Å². The average Bonchev–Trinajstić information content (AvgIpc) is 2.38. The molecule has 1 aliphatic rings. The van der Waals surface area contributed by atoms with Gasteiger partial charge in [0.25, 0.3) is 0 Å². The van der Waals surface area contributed by atoms with Crippen molar-refractivity contribution < 1.29 is 9.53 Å². The third kappa shape index (κ3) is 3.28. The molecular weight excluding hydrogens is 254 g/mol. The van der Waals surface area contributed by atoms with Crippen molar-refractivity contribution in [3.05, 3.63) is 23.4 Å². The highest BCUT2D eigenvalue weighted by Gasteiger charge is 2.27. The summed E-state index contributed by atoms with van der Waals surface area (Å²) in [4.78, 5) is 18.5. The molecule has 0 aromatic carbocycles. The van der Waals surface area contributed by atoms with Gasteiger partial charge in [0.1, 0.15) is 5.82 Å². The number of ether oxygens (including phenoxy) is 1. The Balaban J connectivity index is 2.26. The second-order valence-electron chi connectivity index (χ2n) is 5.79. The van der Waals surface area contributed by atoms with Crippen LogP contribution in [0.2, 0.25) is 0 Å². The predicted octanol–water partition coefficient (Wildman–Crippen LogP) is 1.75. The summed E-state index contributed by atoms with van der Waals surface area (Å²) in [5.41, 5.74) is 1.51. The van der Waals surface area contributed by atoms with Gasteiger partial charge in [-0.15, -0.1) is 0 Å². The minimum atomic E-state index is -0.358. The molecule has 0 atom stereocenters. The van der Waals surface area contributed by atoms with Crippen molar-refractivity contribution in [1.82, 2.24) is 10.3 Å². The summed E-state index contributed by atoms with van der Waals surface area (Å²) in [5, 5.41) is 3.47. The number of anilines is 1. The lowest BCUT2D eigenvalue weighted by Crippen LogP contribution is -2.57. The van der Waals surface area contributed by atoms with Crippen molar-refractivity contribution in [2.24, 2.45) is 0 Å². The molecule has 2 rings (SSSR count). The molecule has 5 nitrogen and oxygen atoms in total. The van der Waals surface area contributed by atoms with Crippen molar-refractivity contribution in [1.29, 1.82) is 0 Å². The van der Waals surface area contributed by atoms with E-state index in [1.54, 1.807) is 13.0 Å². The number of carbonyl (C=O) groups is 1. The number of pyridine rings is 1. The van der Waals surface area contributed by atoms with Crippen LogP contribution in [0.4, 0.5) is 5.82 Å². The average molecular weight is 277 g/mol. The Morgan fingerprint density at radius 2 is 2.25 bits per heavy atom. The van der Waals surface area contributed by atoms with E-state index in [0.29, 0.717) is 12.3 Å². The van der Waals surface area contributed by atoms with Gasteiger partial charge in [-0.05, 0) is 39.3 Å². The largest absolute Gasteiger partial charge is 0.461 e. The molecule has 1 saturated heterocycles. The lowest BCUT2D eigenvalue weighted by Gasteiger charge is -2.40.